The summed E-state index contributed by atoms with van der Waals surface area (Å²) in [6.07, 6.45) is 0.774. The quantitative estimate of drug-likeness (QED) is 0.297. The number of carbonyl (C=O) groups is 1. The van der Waals surface area contributed by atoms with Crippen LogP contribution in [0.5, 0.6) is 0 Å². The van der Waals surface area contributed by atoms with E-state index >= 15 is 0 Å². The molecule has 66 valence electrons. The zero-order valence-electron chi connectivity index (χ0n) is 6.77. The molecule has 3 N–H and O–H groups in total. The van der Waals surface area contributed by atoms with Gasteiger partial charge in [-0.2, -0.15) is 4.79 Å². The van der Waals surface area contributed by atoms with E-state index in [1.807, 2.05) is 0 Å². The molecule has 0 spiro atoms. The van der Waals surface area contributed by atoms with Crippen molar-refractivity contribution in [2.75, 3.05) is 11.1 Å². The van der Waals surface area contributed by atoms with Gasteiger partial charge in [0.05, 0.1) is 0 Å². The minimum atomic E-state index is -0.493. The Kier molecular flexibility index (Phi) is 2.78. The predicted molar refractivity (Wildman–Crippen MR) is 49.2 cm³/mol. The van der Waals surface area contributed by atoms with Crippen molar-refractivity contribution in [3.05, 3.63) is 29.8 Å². The maximum Gasteiger partial charge on any atom is 0.344 e. The molecule has 0 fully saturated rings. The van der Waals surface area contributed by atoms with Gasteiger partial charge in [-0.15, -0.1) is 0 Å². The van der Waals surface area contributed by atoms with Gasteiger partial charge in [0.25, 0.3) is 0 Å². The molecule has 13 heavy (non-hydrogen) atoms. The Morgan fingerprint density at radius 3 is 2.62 bits per heavy atom. The molecule has 0 aromatic heterocycles. The molecular formula is C8H8N4O. The van der Waals surface area contributed by atoms with Crippen molar-refractivity contribution in [1.82, 2.24) is 0 Å². The van der Waals surface area contributed by atoms with Crippen molar-refractivity contribution < 1.29 is 9.58 Å². The number of benzene rings is 1. The van der Waals surface area contributed by atoms with Gasteiger partial charge < -0.3 is 16.6 Å². The van der Waals surface area contributed by atoms with E-state index in [2.05, 4.69) is 10.1 Å². The van der Waals surface area contributed by atoms with Crippen LogP contribution < -0.4 is 11.1 Å². The lowest BCUT2D eigenvalue weighted by molar-refractivity contribution is -0.113. The van der Waals surface area contributed by atoms with Crippen molar-refractivity contribution in [2.45, 2.75) is 0 Å². The first-order chi connectivity index (χ1) is 6.22. The lowest BCUT2D eigenvalue weighted by Gasteiger charge is -1.99. The van der Waals surface area contributed by atoms with Gasteiger partial charge in [0.1, 0.15) is 0 Å². The number of hydrogen-bond acceptors (Lipinski definition) is 2. The van der Waals surface area contributed by atoms with Gasteiger partial charge in [-0.25, -0.2) is 0 Å². The van der Waals surface area contributed by atoms with E-state index in [0.29, 0.717) is 11.4 Å². The summed E-state index contributed by atoms with van der Waals surface area (Å²) in [5.74, 6) is -0.493. The second-order valence-electron chi connectivity index (χ2n) is 2.36. The molecule has 0 saturated heterocycles. The average Bonchev–Trinajstić information content (AvgIpc) is 2.09. The SMILES string of the molecule is [N-]=[N+]=CC(=O)Nc1ccc(N)cc1. The highest BCUT2D eigenvalue weighted by molar-refractivity contribution is 6.29. The van der Waals surface area contributed by atoms with E-state index in [1.165, 1.54) is 0 Å². The van der Waals surface area contributed by atoms with Crippen LogP contribution in [0.25, 0.3) is 5.53 Å². The summed E-state index contributed by atoms with van der Waals surface area (Å²) < 4.78 is 0. The van der Waals surface area contributed by atoms with Crippen molar-refractivity contribution in [3.8, 4) is 0 Å². The lowest BCUT2D eigenvalue weighted by atomic mass is 10.3. The van der Waals surface area contributed by atoms with Crippen LogP contribution in [-0.4, -0.2) is 16.9 Å². The minimum absolute atomic E-state index is 0.493. The molecule has 1 amide bonds. The fourth-order valence-corrected chi connectivity index (χ4v) is 0.793. The van der Waals surface area contributed by atoms with Gasteiger partial charge in [-0.1, -0.05) is 0 Å². The number of nitrogens with zero attached hydrogens (tertiary/aromatic N) is 2. The molecule has 0 aliphatic rings. The van der Waals surface area contributed by atoms with Crippen LogP contribution in [0.15, 0.2) is 24.3 Å². The number of amides is 1. The summed E-state index contributed by atoms with van der Waals surface area (Å²) in [7, 11) is 0. The third kappa shape index (κ3) is 2.76. The molecule has 1 aromatic carbocycles. The van der Waals surface area contributed by atoms with Crippen LogP contribution in [0, 0.1) is 0 Å². The third-order valence-electron chi connectivity index (χ3n) is 1.35. The molecular weight excluding hydrogens is 168 g/mol. The summed E-state index contributed by atoms with van der Waals surface area (Å²) in [5, 5.41) is 2.47. The molecule has 0 aliphatic heterocycles. The van der Waals surface area contributed by atoms with Crippen molar-refractivity contribution in [3.63, 3.8) is 0 Å². The fraction of sp³-hybridized carbons (Fsp3) is 0. The summed E-state index contributed by atoms with van der Waals surface area (Å²) in [6, 6.07) is 6.62. The third-order valence-corrected chi connectivity index (χ3v) is 1.35. The number of carbonyl (C=O) groups excluding carboxylic acids is 1. The van der Waals surface area contributed by atoms with Crippen molar-refractivity contribution in [1.29, 1.82) is 0 Å². The Labute approximate surface area is 74.8 Å². The topological polar surface area (TPSA) is 91.5 Å². The molecule has 1 rings (SSSR count). The predicted octanol–water partition coefficient (Wildman–Crippen LogP) is 0.508. The van der Waals surface area contributed by atoms with Crippen molar-refractivity contribution in [2.24, 2.45) is 0 Å². The Bertz CT molecular complexity index is 351. The highest BCUT2D eigenvalue weighted by Gasteiger charge is 2.01. The molecule has 0 unspecified atom stereocenters. The number of anilines is 2. The van der Waals surface area contributed by atoms with Crippen LogP contribution in [0.3, 0.4) is 0 Å². The zero-order chi connectivity index (χ0) is 9.68. The van der Waals surface area contributed by atoms with Gasteiger partial charge >= 0.3 is 12.1 Å². The molecule has 0 saturated carbocycles. The Balaban J connectivity index is 2.69. The van der Waals surface area contributed by atoms with Crippen LogP contribution in [0.2, 0.25) is 0 Å². The van der Waals surface area contributed by atoms with E-state index in [-0.39, 0.29) is 0 Å². The highest BCUT2D eigenvalue weighted by Crippen LogP contribution is 2.09. The molecule has 1 aromatic rings. The Morgan fingerprint density at radius 2 is 2.08 bits per heavy atom. The van der Waals surface area contributed by atoms with E-state index in [0.717, 1.165) is 6.21 Å². The number of hydrogen-bond donors (Lipinski definition) is 2. The second-order valence-corrected chi connectivity index (χ2v) is 2.36. The molecule has 5 nitrogen and oxygen atoms in total. The van der Waals surface area contributed by atoms with Crippen LogP contribution in [0.4, 0.5) is 11.4 Å². The average molecular weight is 176 g/mol. The van der Waals surface area contributed by atoms with Gasteiger partial charge in [0.15, 0.2) is 0 Å². The molecule has 5 heteroatoms. The van der Waals surface area contributed by atoms with Crippen molar-refractivity contribution >= 4 is 23.5 Å². The monoisotopic (exact) mass is 176 g/mol. The summed E-state index contributed by atoms with van der Waals surface area (Å²) >= 11 is 0. The highest BCUT2D eigenvalue weighted by atomic mass is 16.1. The van der Waals surface area contributed by atoms with E-state index in [9.17, 15) is 4.79 Å². The Hall–Kier alpha value is -2.13. The first-order valence-electron chi connectivity index (χ1n) is 3.56. The fourth-order valence-electron chi connectivity index (χ4n) is 0.793. The minimum Gasteiger partial charge on any atom is -0.399 e. The smallest absolute Gasteiger partial charge is 0.344 e. The van der Waals surface area contributed by atoms with E-state index in [4.69, 9.17) is 11.3 Å². The van der Waals surface area contributed by atoms with Gasteiger partial charge in [0.2, 0.25) is 0 Å². The number of rotatable bonds is 2. The van der Waals surface area contributed by atoms with Crippen LogP contribution in [-0.2, 0) is 4.79 Å². The van der Waals surface area contributed by atoms with Gasteiger partial charge in [-0.3, -0.25) is 4.79 Å². The first kappa shape index (κ1) is 8.96. The number of nitrogen functional groups attached to an aromatic ring is 1. The molecule has 0 radical (unpaired) electrons. The largest absolute Gasteiger partial charge is 0.399 e. The van der Waals surface area contributed by atoms with E-state index in [1.54, 1.807) is 24.3 Å². The molecule has 0 bridgehead atoms. The van der Waals surface area contributed by atoms with Crippen LogP contribution >= 0.6 is 0 Å². The van der Waals surface area contributed by atoms with Crippen LogP contribution in [0.1, 0.15) is 0 Å². The zero-order valence-corrected chi connectivity index (χ0v) is 6.77. The second kappa shape index (κ2) is 4.04. The van der Waals surface area contributed by atoms with Gasteiger partial charge in [0, 0.05) is 11.4 Å². The number of nitrogens with one attached hydrogen (secondary N) is 1. The maximum absolute atomic E-state index is 10.8. The molecule has 0 heterocycles. The number of nitrogens with two attached hydrogens (primary N) is 1. The van der Waals surface area contributed by atoms with E-state index < -0.39 is 5.91 Å². The first-order valence-corrected chi connectivity index (χ1v) is 3.56. The Morgan fingerprint density at radius 1 is 1.46 bits per heavy atom. The molecule has 0 aliphatic carbocycles. The molecule has 0 atom stereocenters. The van der Waals surface area contributed by atoms with Gasteiger partial charge in [-0.05, 0) is 24.3 Å². The maximum atomic E-state index is 10.8. The summed E-state index contributed by atoms with van der Waals surface area (Å²) in [6.45, 7) is 0. The normalized spacial score (nSPS) is 8.62. The summed E-state index contributed by atoms with van der Waals surface area (Å²) in [5.41, 5.74) is 14.7. The lowest BCUT2D eigenvalue weighted by Crippen LogP contribution is -2.12. The summed E-state index contributed by atoms with van der Waals surface area (Å²) in [4.78, 5) is 13.4. The standard InChI is InChI=1S/C8H8N4O/c9-6-1-3-7(4-2-6)12-8(13)5-11-10/h1-5H,9H2,(H,12,13).